The molecule has 1 fully saturated rings. The van der Waals surface area contributed by atoms with E-state index in [4.69, 9.17) is 14.4 Å². The number of aromatic nitrogens is 2. The molecule has 2 N–H and O–H groups in total. The molecule has 1 aliphatic rings. The molecule has 0 bridgehead atoms. The molecule has 1 atom stereocenters. The number of nitrogens with zero attached hydrogens (tertiary/aromatic N) is 4. The largest absolute Gasteiger partial charge is 0.497 e. The Morgan fingerprint density at radius 3 is 2.50 bits per heavy atom. The fourth-order valence-corrected chi connectivity index (χ4v) is 4.67. The number of benzene rings is 1. The Kier molecular flexibility index (Phi) is 6.90. The lowest BCUT2D eigenvalue weighted by atomic mass is 10.0. The van der Waals surface area contributed by atoms with E-state index in [1.807, 2.05) is 35.4 Å². The molecular formula is C24H30N4O6. The topological polar surface area (TPSA) is 121 Å². The van der Waals surface area contributed by atoms with Crippen molar-refractivity contribution in [3.63, 3.8) is 0 Å². The molecule has 1 aromatic carbocycles. The summed E-state index contributed by atoms with van der Waals surface area (Å²) in [5.41, 5.74) is 3.40. The maximum Gasteiger partial charge on any atom is 0.325 e. The van der Waals surface area contributed by atoms with Crippen molar-refractivity contribution in [1.29, 1.82) is 0 Å². The van der Waals surface area contributed by atoms with Crippen LogP contribution in [0, 0.1) is 13.8 Å². The van der Waals surface area contributed by atoms with Crippen LogP contribution in [-0.4, -0.2) is 75.0 Å². The van der Waals surface area contributed by atoms with Gasteiger partial charge in [-0.2, -0.15) is 0 Å². The van der Waals surface area contributed by atoms with Crippen molar-refractivity contribution in [2.45, 2.75) is 39.4 Å². The summed E-state index contributed by atoms with van der Waals surface area (Å²) in [7, 11) is 1.56. The van der Waals surface area contributed by atoms with Crippen molar-refractivity contribution in [3.05, 3.63) is 47.0 Å². The second kappa shape index (κ2) is 9.86. The Labute approximate surface area is 197 Å². The van der Waals surface area contributed by atoms with Crippen molar-refractivity contribution in [2.24, 2.45) is 0 Å². The number of piperazine rings is 1. The summed E-state index contributed by atoms with van der Waals surface area (Å²) in [6.07, 6.45) is 1.73. The Morgan fingerprint density at radius 1 is 1.18 bits per heavy atom. The summed E-state index contributed by atoms with van der Waals surface area (Å²) < 4.78 is 12.5. The number of aryl methyl sites for hydroxylation is 3. The van der Waals surface area contributed by atoms with Crippen LogP contribution in [0.5, 0.6) is 5.75 Å². The molecule has 10 heteroatoms. The van der Waals surface area contributed by atoms with Gasteiger partial charge in [-0.25, -0.2) is 0 Å². The van der Waals surface area contributed by atoms with Gasteiger partial charge in [0, 0.05) is 67.5 Å². The summed E-state index contributed by atoms with van der Waals surface area (Å²) in [6, 6.07) is 4.62. The van der Waals surface area contributed by atoms with Gasteiger partial charge in [0.1, 0.15) is 17.6 Å². The number of ether oxygens (including phenoxy) is 1. The van der Waals surface area contributed by atoms with Crippen molar-refractivity contribution < 1.29 is 29.1 Å². The van der Waals surface area contributed by atoms with Gasteiger partial charge in [0.2, 0.25) is 0 Å². The zero-order valence-electron chi connectivity index (χ0n) is 19.7. The predicted molar refractivity (Wildman–Crippen MR) is 124 cm³/mol. The van der Waals surface area contributed by atoms with E-state index < -0.39 is 18.0 Å². The van der Waals surface area contributed by atoms with E-state index in [0.717, 1.165) is 47.6 Å². The quantitative estimate of drug-likeness (QED) is 0.486. The lowest BCUT2D eigenvalue weighted by Gasteiger charge is -2.37. The lowest BCUT2D eigenvalue weighted by Crippen LogP contribution is -2.48. The number of carboxylic acid groups (broad SMARTS) is 2. The Bertz CT molecular complexity index is 1170. The average molecular weight is 471 g/mol. The third-order valence-electron chi connectivity index (χ3n) is 6.55. The monoisotopic (exact) mass is 470 g/mol. The number of fused-ring (bicyclic) bond motifs is 1. The predicted octanol–water partition coefficient (Wildman–Crippen LogP) is 2.67. The zero-order valence-corrected chi connectivity index (χ0v) is 19.7. The smallest absolute Gasteiger partial charge is 0.325 e. The van der Waals surface area contributed by atoms with Crippen LogP contribution in [-0.2, 0) is 22.7 Å². The molecule has 0 amide bonds. The van der Waals surface area contributed by atoms with Gasteiger partial charge in [-0.15, -0.1) is 0 Å². The molecule has 2 aromatic heterocycles. The minimum absolute atomic E-state index is 0.0483. The van der Waals surface area contributed by atoms with Gasteiger partial charge in [0.15, 0.2) is 0 Å². The molecule has 0 spiro atoms. The molecule has 10 nitrogen and oxygen atoms in total. The van der Waals surface area contributed by atoms with Crippen molar-refractivity contribution in [3.8, 4) is 5.75 Å². The van der Waals surface area contributed by atoms with Crippen molar-refractivity contribution in [2.75, 3.05) is 33.3 Å². The maximum absolute atomic E-state index is 12.5. The van der Waals surface area contributed by atoms with Gasteiger partial charge in [0.05, 0.1) is 19.2 Å². The molecule has 0 aliphatic carbocycles. The molecule has 1 saturated heterocycles. The van der Waals surface area contributed by atoms with Crippen LogP contribution < -0.4 is 4.74 Å². The van der Waals surface area contributed by atoms with Gasteiger partial charge in [-0.3, -0.25) is 19.4 Å². The summed E-state index contributed by atoms with van der Waals surface area (Å²) in [6.45, 7) is 7.42. The summed E-state index contributed by atoms with van der Waals surface area (Å²) in [5.74, 6) is -0.398. The van der Waals surface area contributed by atoms with Gasteiger partial charge in [-0.05, 0) is 32.0 Å². The van der Waals surface area contributed by atoms with E-state index >= 15 is 0 Å². The first-order valence-corrected chi connectivity index (χ1v) is 11.3. The average Bonchev–Trinajstić information content (AvgIpc) is 3.33. The molecule has 182 valence electrons. The summed E-state index contributed by atoms with van der Waals surface area (Å²) in [5, 5.41) is 24.1. The standard InChI is InChI=1S/C24H30N4O6/c1-15-19(16(2)34-25-15)13-26-8-10-27(11-9-26)23(24(31)32)20-14-28(7-6-22(29)30)21-5-4-17(33-3)12-18(20)21/h4-5,12,14,23H,6-11,13H2,1-3H3,(H,29,30)(H,31,32). The highest BCUT2D eigenvalue weighted by atomic mass is 16.5. The molecule has 1 unspecified atom stereocenters. The highest BCUT2D eigenvalue weighted by Crippen LogP contribution is 2.34. The summed E-state index contributed by atoms with van der Waals surface area (Å²) >= 11 is 0. The van der Waals surface area contributed by atoms with E-state index in [-0.39, 0.29) is 13.0 Å². The number of hydrogen-bond acceptors (Lipinski definition) is 7. The lowest BCUT2D eigenvalue weighted by molar-refractivity contribution is -0.144. The van der Waals surface area contributed by atoms with Crippen LogP contribution in [0.15, 0.2) is 28.9 Å². The molecule has 0 radical (unpaired) electrons. The molecular weight excluding hydrogens is 440 g/mol. The third-order valence-corrected chi connectivity index (χ3v) is 6.55. The fraction of sp³-hybridized carbons (Fsp3) is 0.458. The molecule has 4 rings (SSSR count). The SMILES string of the molecule is COc1ccc2c(c1)c(C(C(=O)O)N1CCN(Cc3c(C)noc3C)CC1)cn2CCC(=O)O. The second-order valence-electron chi connectivity index (χ2n) is 8.66. The summed E-state index contributed by atoms with van der Waals surface area (Å²) in [4.78, 5) is 27.9. The highest BCUT2D eigenvalue weighted by Gasteiger charge is 2.33. The van der Waals surface area contributed by atoms with Crippen LogP contribution in [0.1, 0.15) is 35.0 Å². The fourth-order valence-electron chi connectivity index (χ4n) is 4.67. The van der Waals surface area contributed by atoms with Crippen LogP contribution in [0.2, 0.25) is 0 Å². The van der Waals surface area contributed by atoms with Crippen LogP contribution in [0.3, 0.4) is 0 Å². The number of carboxylic acids is 2. The zero-order chi connectivity index (χ0) is 24.4. The van der Waals surface area contributed by atoms with Gasteiger partial charge in [0.25, 0.3) is 0 Å². The molecule has 1 aliphatic heterocycles. The maximum atomic E-state index is 12.5. The van der Waals surface area contributed by atoms with E-state index in [1.54, 1.807) is 19.4 Å². The minimum atomic E-state index is -0.931. The number of hydrogen-bond donors (Lipinski definition) is 2. The number of aliphatic carboxylic acids is 2. The van der Waals surface area contributed by atoms with Crippen LogP contribution in [0.4, 0.5) is 0 Å². The van der Waals surface area contributed by atoms with Crippen LogP contribution >= 0.6 is 0 Å². The molecule has 3 aromatic rings. The van der Waals surface area contributed by atoms with Crippen molar-refractivity contribution in [1.82, 2.24) is 19.5 Å². The van der Waals surface area contributed by atoms with Gasteiger partial charge in [-0.1, -0.05) is 5.16 Å². The first-order chi connectivity index (χ1) is 16.3. The second-order valence-corrected chi connectivity index (χ2v) is 8.66. The minimum Gasteiger partial charge on any atom is -0.497 e. The van der Waals surface area contributed by atoms with E-state index in [0.29, 0.717) is 24.4 Å². The molecule has 34 heavy (non-hydrogen) atoms. The normalized spacial score (nSPS) is 16.1. The van der Waals surface area contributed by atoms with E-state index in [1.165, 1.54) is 0 Å². The first-order valence-electron chi connectivity index (χ1n) is 11.3. The highest BCUT2D eigenvalue weighted by molar-refractivity contribution is 5.90. The number of rotatable bonds is 9. The molecule has 0 saturated carbocycles. The number of carbonyl (C=O) groups is 2. The van der Waals surface area contributed by atoms with E-state index in [9.17, 15) is 14.7 Å². The van der Waals surface area contributed by atoms with Gasteiger partial charge >= 0.3 is 11.9 Å². The Balaban J connectivity index is 1.59. The number of methoxy groups -OCH3 is 1. The Morgan fingerprint density at radius 2 is 1.91 bits per heavy atom. The molecule has 3 heterocycles. The van der Waals surface area contributed by atoms with Crippen LogP contribution in [0.25, 0.3) is 10.9 Å². The van der Waals surface area contributed by atoms with E-state index in [2.05, 4.69) is 10.1 Å². The van der Waals surface area contributed by atoms with Gasteiger partial charge < -0.3 is 24.0 Å². The Hall–Kier alpha value is -3.37. The van der Waals surface area contributed by atoms with Crippen molar-refractivity contribution >= 4 is 22.8 Å². The third kappa shape index (κ3) is 4.78. The first kappa shape index (κ1) is 23.8.